The smallest absolute Gasteiger partial charge is 0.0822 e. The van der Waals surface area contributed by atoms with Crippen molar-refractivity contribution in [3.8, 4) is 0 Å². The number of rotatable bonds is 5. The third kappa shape index (κ3) is 5.92. The zero-order valence-electron chi connectivity index (χ0n) is 5.23. The van der Waals surface area contributed by atoms with Crippen LogP contribution in [0.25, 0.3) is 0 Å². The van der Waals surface area contributed by atoms with E-state index < -0.39 is 0 Å². The number of unbranched alkanes of at least 4 members (excludes halogenated alkanes) is 3. The summed E-state index contributed by atoms with van der Waals surface area (Å²) in [5.41, 5.74) is 5.23. The van der Waals surface area contributed by atoms with Crippen LogP contribution in [0.15, 0.2) is 0 Å². The van der Waals surface area contributed by atoms with Crippen LogP contribution in [0.1, 0.15) is 25.7 Å². The first-order valence-electron chi connectivity index (χ1n) is 3.20. The molecule has 0 aromatic carbocycles. The summed E-state index contributed by atoms with van der Waals surface area (Å²) in [4.78, 5) is 0. The Kier molecular flexibility index (Phi) is 6.85. The van der Waals surface area contributed by atoms with Crippen LogP contribution < -0.4 is 5.73 Å². The lowest BCUT2D eigenvalue weighted by molar-refractivity contribution is 0.186. The van der Waals surface area contributed by atoms with Crippen molar-refractivity contribution in [3.05, 3.63) is 0 Å². The van der Waals surface area contributed by atoms with E-state index in [4.69, 9.17) is 5.73 Å². The lowest BCUT2D eigenvalue weighted by Crippen LogP contribution is -1.97. The summed E-state index contributed by atoms with van der Waals surface area (Å²) in [6.07, 6.45) is 4.07. The van der Waals surface area contributed by atoms with Gasteiger partial charge in [0.25, 0.3) is 0 Å². The first-order chi connectivity index (χ1) is 3.91. The Hall–Kier alpha value is -0.0800. The summed E-state index contributed by atoms with van der Waals surface area (Å²) in [5, 5.41) is 9.86. The van der Waals surface area contributed by atoms with Crippen LogP contribution in [0.2, 0.25) is 0 Å². The molecule has 0 atom stereocenters. The van der Waals surface area contributed by atoms with Gasteiger partial charge < -0.3 is 5.73 Å². The molecule has 2 N–H and O–H groups in total. The average molecular weight is 116 g/mol. The Morgan fingerprint density at radius 3 is 2.12 bits per heavy atom. The van der Waals surface area contributed by atoms with Gasteiger partial charge in [0.1, 0.15) is 0 Å². The average Bonchev–Trinajstić information content (AvgIpc) is 1.81. The lowest BCUT2D eigenvalue weighted by Gasteiger charge is -1.92. The van der Waals surface area contributed by atoms with Gasteiger partial charge in [-0.2, -0.15) is 0 Å². The van der Waals surface area contributed by atoms with Crippen molar-refractivity contribution < 1.29 is 5.11 Å². The van der Waals surface area contributed by atoms with Crippen LogP contribution in [-0.2, 0) is 5.11 Å². The Morgan fingerprint density at radius 2 is 1.62 bits per heavy atom. The lowest BCUT2D eigenvalue weighted by atomic mass is 10.2. The Bertz CT molecular complexity index is 33.5. The predicted octanol–water partition coefficient (Wildman–Crippen LogP) is 0.936. The molecule has 8 heavy (non-hydrogen) atoms. The van der Waals surface area contributed by atoms with E-state index in [1.165, 1.54) is 0 Å². The molecule has 0 spiro atoms. The summed E-state index contributed by atoms with van der Waals surface area (Å²) in [7, 11) is 0. The van der Waals surface area contributed by atoms with Gasteiger partial charge in [0.05, 0.1) is 6.61 Å². The molecule has 0 bridgehead atoms. The summed E-state index contributed by atoms with van der Waals surface area (Å²) < 4.78 is 0. The second kappa shape index (κ2) is 6.92. The van der Waals surface area contributed by atoms with Gasteiger partial charge in [-0.3, -0.25) is 0 Å². The van der Waals surface area contributed by atoms with E-state index in [0.717, 1.165) is 32.2 Å². The Labute approximate surface area is 50.7 Å². The van der Waals surface area contributed by atoms with E-state index in [1.807, 2.05) is 0 Å². The van der Waals surface area contributed by atoms with Gasteiger partial charge >= 0.3 is 0 Å². The minimum Gasteiger partial charge on any atom is -0.330 e. The molecule has 1 radical (unpaired) electrons. The molecule has 0 saturated heterocycles. The van der Waals surface area contributed by atoms with Crippen LogP contribution in [-0.4, -0.2) is 13.2 Å². The molecule has 2 nitrogen and oxygen atoms in total. The monoisotopic (exact) mass is 116 g/mol. The fourth-order valence-corrected chi connectivity index (χ4v) is 0.600. The van der Waals surface area contributed by atoms with Gasteiger partial charge in [-0.05, 0) is 19.4 Å². The second-order valence-corrected chi connectivity index (χ2v) is 1.91. The molecule has 0 aliphatic carbocycles. The Balaban J connectivity index is 2.53. The van der Waals surface area contributed by atoms with Gasteiger partial charge in [-0.15, -0.1) is 0 Å². The van der Waals surface area contributed by atoms with E-state index in [2.05, 4.69) is 0 Å². The van der Waals surface area contributed by atoms with Crippen molar-refractivity contribution in [2.45, 2.75) is 25.7 Å². The number of hydrogen-bond donors (Lipinski definition) is 1. The molecular weight excluding hydrogens is 102 g/mol. The topological polar surface area (TPSA) is 45.9 Å². The van der Waals surface area contributed by atoms with E-state index in [0.29, 0.717) is 0 Å². The van der Waals surface area contributed by atoms with Crippen molar-refractivity contribution in [3.63, 3.8) is 0 Å². The van der Waals surface area contributed by atoms with Gasteiger partial charge in [-0.25, -0.2) is 5.11 Å². The third-order valence-electron chi connectivity index (χ3n) is 1.10. The van der Waals surface area contributed by atoms with Crippen LogP contribution in [0.4, 0.5) is 0 Å². The predicted molar refractivity (Wildman–Crippen MR) is 33.1 cm³/mol. The minimum atomic E-state index is 0.0740. The Morgan fingerprint density at radius 1 is 1.00 bits per heavy atom. The van der Waals surface area contributed by atoms with Crippen LogP contribution in [0.3, 0.4) is 0 Å². The number of hydrogen-bond acceptors (Lipinski definition) is 1. The van der Waals surface area contributed by atoms with Crippen molar-refractivity contribution in [2.75, 3.05) is 13.2 Å². The third-order valence-corrected chi connectivity index (χ3v) is 1.10. The first-order valence-corrected chi connectivity index (χ1v) is 3.20. The summed E-state index contributed by atoms with van der Waals surface area (Å²) in [6, 6.07) is 0. The zero-order chi connectivity index (χ0) is 6.24. The quantitative estimate of drug-likeness (QED) is 0.534. The molecule has 2 heteroatoms. The summed E-state index contributed by atoms with van der Waals surface area (Å²) in [6.45, 7) is 0.837. The van der Waals surface area contributed by atoms with Crippen molar-refractivity contribution in [2.24, 2.45) is 5.73 Å². The van der Waals surface area contributed by atoms with Gasteiger partial charge in [0.15, 0.2) is 0 Å². The molecular formula is C6H14NO. The molecule has 0 rings (SSSR count). The maximum absolute atomic E-state index is 9.86. The SMILES string of the molecule is NCCCCCC[O]. The van der Waals surface area contributed by atoms with Crippen molar-refractivity contribution >= 4 is 0 Å². The molecule has 0 aliphatic rings. The molecule has 0 fully saturated rings. The second-order valence-electron chi connectivity index (χ2n) is 1.91. The van der Waals surface area contributed by atoms with E-state index in [1.54, 1.807) is 0 Å². The fraction of sp³-hybridized carbons (Fsp3) is 1.00. The summed E-state index contributed by atoms with van der Waals surface area (Å²) in [5.74, 6) is 0. The van der Waals surface area contributed by atoms with Crippen LogP contribution in [0.5, 0.6) is 0 Å². The highest BCUT2D eigenvalue weighted by Crippen LogP contribution is 1.96. The number of nitrogens with two attached hydrogens (primary N) is 1. The molecule has 0 heterocycles. The highest BCUT2D eigenvalue weighted by molar-refractivity contribution is 4.41. The standard InChI is InChI=1S/C6H14NO/c7-5-3-1-2-4-6-8/h1-7H2. The van der Waals surface area contributed by atoms with E-state index >= 15 is 0 Å². The van der Waals surface area contributed by atoms with Crippen molar-refractivity contribution in [1.29, 1.82) is 0 Å². The highest BCUT2D eigenvalue weighted by Gasteiger charge is 1.84. The van der Waals surface area contributed by atoms with Crippen LogP contribution >= 0.6 is 0 Å². The highest BCUT2D eigenvalue weighted by atomic mass is 16.2. The normalized spacial score (nSPS) is 9.75. The van der Waals surface area contributed by atoms with E-state index in [-0.39, 0.29) is 6.61 Å². The molecule has 0 aliphatic heterocycles. The molecule has 0 saturated carbocycles. The minimum absolute atomic E-state index is 0.0740. The molecule has 0 aromatic rings. The molecule has 0 aromatic heterocycles. The summed E-state index contributed by atoms with van der Waals surface area (Å²) >= 11 is 0. The molecule has 49 valence electrons. The molecule has 0 unspecified atom stereocenters. The van der Waals surface area contributed by atoms with Gasteiger partial charge in [0.2, 0.25) is 0 Å². The largest absolute Gasteiger partial charge is 0.330 e. The van der Waals surface area contributed by atoms with Crippen molar-refractivity contribution in [1.82, 2.24) is 0 Å². The fourth-order valence-electron chi connectivity index (χ4n) is 0.600. The van der Waals surface area contributed by atoms with Crippen LogP contribution in [0, 0.1) is 0 Å². The van der Waals surface area contributed by atoms with E-state index in [9.17, 15) is 5.11 Å². The van der Waals surface area contributed by atoms with Gasteiger partial charge in [0, 0.05) is 0 Å². The zero-order valence-corrected chi connectivity index (χ0v) is 5.23. The maximum Gasteiger partial charge on any atom is 0.0822 e. The molecule has 0 amide bonds. The first kappa shape index (κ1) is 7.92. The van der Waals surface area contributed by atoms with Gasteiger partial charge in [-0.1, -0.05) is 12.8 Å². The maximum atomic E-state index is 9.86.